The third kappa shape index (κ3) is 2.79. The molecule has 1 heterocycles. The molecule has 0 radical (unpaired) electrons. The molecule has 2 rings (SSSR count). The molecular formula is C12H11FN4O. The topological polar surface area (TPSA) is 66.9 Å². The van der Waals surface area contributed by atoms with Crippen LogP contribution in [-0.4, -0.2) is 23.2 Å². The number of carbonyl (C=O) groups excluding carboxylic acids is 1. The van der Waals surface area contributed by atoms with Crippen molar-refractivity contribution in [3.05, 3.63) is 47.9 Å². The van der Waals surface area contributed by atoms with Gasteiger partial charge in [-0.05, 0) is 30.3 Å². The molecule has 0 aliphatic heterocycles. The quantitative estimate of drug-likeness (QED) is 0.868. The van der Waals surface area contributed by atoms with E-state index in [9.17, 15) is 9.18 Å². The first-order valence-electron chi connectivity index (χ1n) is 5.27. The summed E-state index contributed by atoms with van der Waals surface area (Å²) < 4.78 is 12.9. The Morgan fingerprint density at radius 1 is 1.22 bits per heavy atom. The predicted octanol–water partition coefficient (Wildman–Crippen LogP) is 1.91. The summed E-state index contributed by atoms with van der Waals surface area (Å²) in [7, 11) is 1.70. The van der Waals surface area contributed by atoms with Crippen LogP contribution < -0.4 is 10.6 Å². The second-order valence-electron chi connectivity index (χ2n) is 3.52. The van der Waals surface area contributed by atoms with Gasteiger partial charge in [0.05, 0.1) is 0 Å². The molecule has 0 unspecified atom stereocenters. The molecule has 0 atom stereocenters. The molecule has 0 saturated heterocycles. The van der Waals surface area contributed by atoms with E-state index < -0.39 is 11.7 Å². The lowest BCUT2D eigenvalue weighted by atomic mass is 10.3. The number of anilines is 2. The van der Waals surface area contributed by atoms with Crippen LogP contribution in [0.5, 0.6) is 0 Å². The zero-order valence-corrected chi connectivity index (χ0v) is 9.64. The zero-order chi connectivity index (χ0) is 13.0. The molecule has 2 aromatic rings. The van der Waals surface area contributed by atoms with Crippen molar-refractivity contribution in [2.75, 3.05) is 17.7 Å². The van der Waals surface area contributed by atoms with E-state index in [1.807, 2.05) is 0 Å². The summed E-state index contributed by atoms with van der Waals surface area (Å²) in [6.45, 7) is 0. The minimum Gasteiger partial charge on any atom is -0.372 e. The number of benzene rings is 1. The number of carbonyl (C=O) groups is 1. The molecule has 92 valence electrons. The third-order valence-electron chi connectivity index (χ3n) is 2.24. The summed E-state index contributed by atoms with van der Waals surface area (Å²) in [4.78, 5) is 11.8. The maximum absolute atomic E-state index is 12.9. The Kier molecular flexibility index (Phi) is 3.47. The van der Waals surface area contributed by atoms with Gasteiger partial charge in [-0.15, -0.1) is 10.2 Å². The Morgan fingerprint density at radius 2 is 2.06 bits per heavy atom. The monoisotopic (exact) mass is 246 g/mol. The highest BCUT2D eigenvalue weighted by atomic mass is 19.1. The fourth-order valence-electron chi connectivity index (χ4n) is 1.35. The maximum Gasteiger partial charge on any atom is 0.276 e. The maximum atomic E-state index is 12.9. The van der Waals surface area contributed by atoms with Crippen LogP contribution in [0.3, 0.4) is 0 Å². The van der Waals surface area contributed by atoms with Gasteiger partial charge >= 0.3 is 0 Å². The number of hydrogen-bond donors (Lipinski definition) is 2. The molecule has 0 spiro atoms. The average molecular weight is 246 g/mol. The fraction of sp³-hybridized carbons (Fsp3) is 0.0833. The molecule has 1 aromatic carbocycles. The van der Waals surface area contributed by atoms with Crippen LogP contribution in [-0.2, 0) is 0 Å². The summed E-state index contributed by atoms with van der Waals surface area (Å²) >= 11 is 0. The lowest BCUT2D eigenvalue weighted by Gasteiger charge is -2.04. The Balaban J connectivity index is 2.11. The third-order valence-corrected chi connectivity index (χ3v) is 2.24. The van der Waals surface area contributed by atoms with Gasteiger partial charge in [0.25, 0.3) is 5.91 Å². The second-order valence-corrected chi connectivity index (χ2v) is 3.52. The van der Waals surface area contributed by atoms with E-state index in [4.69, 9.17) is 0 Å². The highest BCUT2D eigenvalue weighted by Crippen LogP contribution is 2.10. The molecule has 18 heavy (non-hydrogen) atoms. The van der Waals surface area contributed by atoms with E-state index in [1.54, 1.807) is 19.2 Å². The smallest absolute Gasteiger partial charge is 0.276 e. The van der Waals surface area contributed by atoms with Crippen molar-refractivity contribution in [2.45, 2.75) is 0 Å². The lowest BCUT2D eigenvalue weighted by molar-refractivity contribution is 0.102. The van der Waals surface area contributed by atoms with Gasteiger partial charge in [-0.25, -0.2) is 4.39 Å². The first-order chi connectivity index (χ1) is 8.69. The number of halogens is 1. The van der Waals surface area contributed by atoms with Crippen molar-refractivity contribution in [3.8, 4) is 0 Å². The lowest BCUT2D eigenvalue weighted by Crippen LogP contribution is -2.14. The van der Waals surface area contributed by atoms with Crippen LogP contribution in [0.2, 0.25) is 0 Å². The van der Waals surface area contributed by atoms with Crippen molar-refractivity contribution in [2.24, 2.45) is 0 Å². The summed E-state index contributed by atoms with van der Waals surface area (Å²) in [5.74, 6) is -0.280. The number of rotatable bonds is 3. The number of nitrogens with zero attached hydrogens (tertiary/aromatic N) is 2. The van der Waals surface area contributed by atoms with E-state index in [0.29, 0.717) is 11.5 Å². The number of nitrogens with one attached hydrogen (secondary N) is 2. The average Bonchev–Trinajstić information content (AvgIpc) is 2.39. The Bertz CT molecular complexity index is 556. The Morgan fingerprint density at radius 3 is 2.67 bits per heavy atom. The summed E-state index contributed by atoms with van der Waals surface area (Å²) in [6.07, 6.45) is 0. The Hall–Kier alpha value is -2.50. The normalized spacial score (nSPS) is 9.89. The fourth-order valence-corrected chi connectivity index (χ4v) is 1.35. The standard InChI is InChI=1S/C12H11FN4O/c1-14-11-6-5-10(16-17-11)12(18)15-9-4-2-3-8(13)7-9/h2-7H,1H3,(H,14,17)(H,15,18). The van der Waals surface area contributed by atoms with Gasteiger partial charge in [0.15, 0.2) is 5.69 Å². The first kappa shape index (κ1) is 12.0. The van der Waals surface area contributed by atoms with Gasteiger partial charge < -0.3 is 10.6 Å². The van der Waals surface area contributed by atoms with Gasteiger partial charge in [0.2, 0.25) is 0 Å². The minimum absolute atomic E-state index is 0.165. The number of hydrogen-bond acceptors (Lipinski definition) is 4. The van der Waals surface area contributed by atoms with E-state index in [2.05, 4.69) is 20.8 Å². The van der Waals surface area contributed by atoms with Crippen LogP contribution in [0.1, 0.15) is 10.5 Å². The highest BCUT2D eigenvalue weighted by Gasteiger charge is 2.08. The SMILES string of the molecule is CNc1ccc(C(=O)Nc2cccc(F)c2)nn1. The van der Waals surface area contributed by atoms with Crippen LogP contribution in [0.4, 0.5) is 15.9 Å². The molecule has 1 aromatic heterocycles. The van der Waals surface area contributed by atoms with E-state index in [0.717, 1.165) is 0 Å². The van der Waals surface area contributed by atoms with Gasteiger partial charge in [-0.3, -0.25) is 4.79 Å². The number of aromatic nitrogens is 2. The van der Waals surface area contributed by atoms with Crippen molar-refractivity contribution in [1.29, 1.82) is 0 Å². The van der Waals surface area contributed by atoms with Crippen molar-refractivity contribution < 1.29 is 9.18 Å². The van der Waals surface area contributed by atoms with Crippen LogP contribution >= 0.6 is 0 Å². The van der Waals surface area contributed by atoms with Crippen molar-refractivity contribution >= 4 is 17.4 Å². The van der Waals surface area contributed by atoms with E-state index in [1.165, 1.54) is 24.3 Å². The van der Waals surface area contributed by atoms with Gasteiger partial charge in [-0.1, -0.05) is 6.07 Å². The van der Waals surface area contributed by atoms with Gasteiger partial charge in [0.1, 0.15) is 11.6 Å². The molecule has 0 aliphatic carbocycles. The van der Waals surface area contributed by atoms with Gasteiger partial charge in [0, 0.05) is 12.7 Å². The molecule has 5 nitrogen and oxygen atoms in total. The Labute approximate surface area is 103 Å². The highest BCUT2D eigenvalue weighted by molar-refractivity contribution is 6.02. The van der Waals surface area contributed by atoms with Crippen molar-refractivity contribution in [3.63, 3.8) is 0 Å². The van der Waals surface area contributed by atoms with Crippen LogP contribution in [0, 0.1) is 5.82 Å². The second kappa shape index (κ2) is 5.22. The summed E-state index contributed by atoms with van der Waals surface area (Å²) in [6, 6.07) is 8.81. The summed E-state index contributed by atoms with van der Waals surface area (Å²) in [5, 5.41) is 12.9. The predicted molar refractivity (Wildman–Crippen MR) is 65.9 cm³/mol. The molecular weight excluding hydrogens is 235 g/mol. The van der Waals surface area contributed by atoms with E-state index in [-0.39, 0.29) is 5.69 Å². The van der Waals surface area contributed by atoms with Crippen molar-refractivity contribution in [1.82, 2.24) is 10.2 Å². The zero-order valence-electron chi connectivity index (χ0n) is 9.64. The first-order valence-corrected chi connectivity index (χ1v) is 5.27. The molecule has 0 bridgehead atoms. The summed E-state index contributed by atoms with van der Waals surface area (Å²) in [5.41, 5.74) is 0.540. The number of amides is 1. The van der Waals surface area contributed by atoms with E-state index >= 15 is 0 Å². The molecule has 0 aliphatic rings. The molecule has 0 fully saturated rings. The molecule has 0 saturated carbocycles. The molecule has 6 heteroatoms. The van der Waals surface area contributed by atoms with Crippen LogP contribution in [0.25, 0.3) is 0 Å². The minimum atomic E-state index is -0.434. The molecule has 1 amide bonds. The van der Waals surface area contributed by atoms with Gasteiger partial charge in [-0.2, -0.15) is 0 Å². The largest absolute Gasteiger partial charge is 0.372 e. The van der Waals surface area contributed by atoms with Crippen LogP contribution in [0.15, 0.2) is 36.4 Å². The molecule has 2 N–H and O–H groups in total.